The van der Waals surface area contributed by atoms with Gasteiger partial charge in [0.05, 0.1) is 12.1 Å². The lowest BCUT2D eigenvalue weighted by Gasteiger charge is -2.36. The van der Waals surface area contributed by atoms with Crippen molar-refractivity contribution in [3.8, 4) is 0 Å². The average molecular weight is 240 g/mol. The van der Waals surface area contributed by atoms with Gasteiger partial charge in [-0.2, -0.15) is 0 Å². The highest BCUT2D eigenvalue weighted by Gasteiger charge is 2.36. The highest BCUT2D eigenvalue weighted by molar-refractivity contribution is 5.82. The first-order chi connectivity index (χ1) is 8.12. The summed E-state index contributed by atoms with van der Waals surface area (Å²) in [6.45, 7) is 3.87. The first kappa shape index (κ1) is 12.8. The van der Waals surface area contributed by atoms with Crippen molar-refractivity contribution in [1.82, 2.24) is 10.6 Å². The maximum Gasteiger partial charge on any atom is 0.226 e. The number of piperidine rings is 1. The number of nitrogens with one attached hydrogen (secondary N) is 2. The van der Waals surface area contributed by atoms with Gasteiger partial charge in [0.1, 0.15) is 0 Å². The van der Waals surface area contributed by atoms with Gasteiger partial charge in [-0.25, -0.2) is 0 Å². The third-order valence-electron chi connectivity index (χ3n) is 4.30. The molecule has 1 saturated carbocycles. The van der Waals surface area contributed by atoms with Gasteiger partial charge in [-0.05, 0) is 38.8 Å². The summed E-state index contributed by atoms with van der Waals surface area (Å²) in [6, 6.07) is -0.0250. The predicted octanol–water partition coefficient (Wildman–Crippen LogP) is 0.796. The second-order valence-electron chi connectivity index (χ2n) is 5.74. The lowest BCUT2D eigenvalue weighted by Crippen LogP contribution is -2.52. The van der Waals surface area contributed by atoms with E-state index in [-0.39, 0.29) is 23.5 Å². The molecule has 0 aromatic rings. The molecule has 1 saturated heterocycles. The Hall–Kier alpha value is -0.610. The topological polar surface area (TPSA) is 61.4 Å². The Labute approximate surface area is 103 Å². The van der Waals surface area contributed by atoms with E-state index in [9.17, 15) is 9.90 Å². The molecule has 4 nitrogen and oxygen atoms in total. The number of hydrogen-bond donors (Lipinski definition) is 3. The molecule has 0 aromatic heterocycles. The zero-order valence-corrected chi connectivity index (χ0v) is 10.7. The second-order valence-corrected chi connectivity index (χ2v) is 5.74. The van der Waals surface area contributed by atoms with Crippen LogP contribution in [0, 0.1) is 5.41 Å². The van der Waals surface area contributed by atoms with E-state index in [1.165, 1.54) is 0 Å². The minimum Gasteiger partial charge on any atom is -0.391 e. The van der Waals surface area contributed by atoms with E-state index in [2.05, 4.69) is 10.6 Å². The highest BCUT2D eigenvalue weighted by Crippen LogP contribution is 2.29. The predicted molar refractivity (Wildman–Crippen MR) is 66.6 cm³/mol. The average Bonchev–Trinajstić information content (AvgIpc) is 2.33. The molecule has 0 bridgehead atoms. The number of amides is 1. The van der Waals surface area contributed by atoms with Crippen LogP contribution in [0.25, 0.3) is 0 Å². The number of hydrogen-bond acceptors (Lipinski definition) is 3. The minimum absolute atomic E-state index is 0.0250. The Morgan fingerprint density at radius 2 is 1.94 bits per heavy atom. The van der Waals surface area contributed by atoms with Crippen LogP contribution < -0.4 is 10.6 Å². The van der Waals surface area contributed by atoms with Crippen LogP contribution >= 0.6 is 0 Å². The van der Waals surface area contributed by atoms with Crippen molar-refractivity contribution in [2.75, 3.05) is 13.1 Å². The van der Waals surface area contributed by atoms with E-state index < -0.39 is 0 Å². The second kappa shape index (κ2) is 5.36. The maximum absolute atomic E-state index is 12.3. The molecular weight excluding hydrogens is 216 g/mol. The van der Waals surface area contributed by atoms with E-state index in [4.69, 9.17) is 0 Å². The fourth-order valence-electron chi connectivity index (χ4n) is 2.83. The van der Waals surface area contributed by atoms with Gasteiger partial charge in [-0.3, -0.25) is 4.79 Å². The van der Waals surface area contributed by atoms with Crippen molar-refractivity contribution in [1.29, 1.82) is 0 Å². The van der Waals surface area contributed by atoms with Crippen LogP contribution in [0.3, 0.4) is 0 Å². The molecule has 98 valence electrons. The number of aliphatic hydroxyl groups excluding tert-OH is 1. The molecule has 0 radical (unpaired) electrons. The van der Waals surface area contributed by atoms with E-state index >= 15 is 0 Å². The maximum atomic E-state index is 12.3. The van der Waals surface area contributed by atoms with Crippen molar-refractivity contribution in [3.05, 3.63) is 0 Å². The molecule has 2 unspecified atom stereocenters. The zero-order chi connectivity index (χ0) is 12.3. The molecule has 2 rings (SSSR count). The van der Waals surface area contributed by atoms with E-state index in [1.807, 2.05) is 6.92 Å². The van der Waals surface area contributed by atoms with Crippen molar-refractivity contribution >= 4 is 5.91 Å². The summed E-state index contributed by atoms with van der Waals surface area (Å²) < 4.78 is 0. The molecule has 1 aliphatic carbocycles. The smallest absolute Gasteiger partial charge is 0.226 e. The lowest BCUT2D eigenvalue weighted by molar-refractivity contribution is -0.133. The Bertz CT molecular complexity index is 275. The van der Waals surface area contributed by atoms with Crippen LogP contribution in [-0.4, -0.2) is 36.2 Å². The van der Waals surface area contributed by atoms with Crippen LogP contribution in [0.15, 0.2) is 0 Å². The lowest BCUT2D eigenvalue weighted by atomic mass is 9.79. The number of carbonyl (C=O) groups is 1. The van der Waals surface area contributed by atoms with Crippen molar-refractivity contribution in [2.24, 2.45) is 5.41 Å². The number of carbonyl (C=O) groups excluding carboxylic acids is 1. The summed E-state index contributed by atoms with van der Waals surface area (Å²) in [7, 11) is 0. The Kier molecular flexibility index (Phi) is 4.05. The largest absolute Gasteiger partial charge is 0.391 e. The normalized spacial score (nSPS) is 33.1. The van der Waals surface area contributed by atoms with Crippen LogP contribution in [0.5, 0.6) is 0 Å². The summed E-state index contributed by atoms with van der Waals surface area (Å²) in [5.74, 6) is 0.130. The van der Waals surface area contributed by atoms with Crippen LogP contribution in [0.4, 0.5) is 0 Å². The molecule has 2 aliphatic rings. The van der Waals surface area contributed by atoms with E-state index in [1.54, 1.807) is 0 Å². The number of aliphatic hydroxyl groups is 1. The molecule has 1 heterocycles. The van der Waals surface area contributed by atoms with Gasteiger partial charge in [0.15, 0.2) is 0 Å². The van der Waals surface area contributed by atoms with Crippen LogP contribution in [0.1, 0.15) is 45.4 Å². The Balaban J connectivity index is 1.90. The highest BCUT2D eigenvalue weighted by atomic mass is 16.3. The van der Waals surface area contributed by atoms with E-state index in [0.29, 0.717) is 0 Å². The van der Waals surface area contributed by atoms with Gasteiger partial charge in [0.2, 0.25) is 5.91 Å². The van der Waals surface area contributed by atoms with Crippen LogP contribution in [-0.2, 0) is 4.79 Å². The zero-order valence-electron chi connectivity index (χ0n) is 10.7. The minimum atomic E-state index is -0.349. The molecule has 4 heteroatoms. The molecule has 0 aromatic carbocycles. The molecule has 1 aliphatic heterocycles. The van der Waals surface area contributed by atoms with Gasteiger partial charge in [0, 0.05) is 5.41 Å². The molecule has 17 heavy (non-hydrogen) atoms. The SMILES string of the molecule is CC1(C(=O)NC2CCCCC2O)CCNCC1. The fraction of sp³-hybridized carbons (Fsp3) is 0.923. The first-order valence-corrected chi connectivity index (χ1v) is 6.82. The van der Waals surface area contributed by atoms with Gasteiger partial charge in [-0.1, -0.05) is 19.8 Å². The van der Waals surface area contributed by atoms with Gasteiger partial charge >= 0.3 is 0 Å². The van der Waals surface area contributed by atoms with Crippen molar-refractivity contribution < 1.29 is 9.90 Å². The summed E-state index contributed by atoms with van der Waals surface area (Å²) in [6.07, 6.45) is 5.36. The third kappa shape index (κ3) is 2.99. The van der Waals surface area contributed by atoms with E-state index in [0.717, 1.165) is 51.6 Å². The van der Waals surface area contributed by atoms with Gasteiger partial charge in [0.25, 0.3) is 0 Å². The monoisotopic (exact) mass is 240 g/mol. The Morgan fingerprint density at radius 1 is 1.29 bits per heavy atom. The van der Waals surface area contributed by atoms with Crippen molar-refractivity contribution in [2.45, 2.75) is 57.6 Å². The summed E-state index contributed by atoms with van der Waals surface area (Å²) in [5.41, 5.74) is -0.248. The van der Waals surface area contributed by atoms with Gasteiger partial charge < -0.3 is 15.7 Å². The quantitative estimate of drug-likeness (QED) is 0.669. The summed E-state index contributed by atoms with van der Waals surface area (Å²) in [5, 5.41) is 16.2. The summed E-state index contributed by atoms with van der Waals surface area (Å²) in [4.78, 5) is 12.3. The standard InChI is InChI=1S/C13H24N2O2/c1-13(6-8-14-9-7-13)12(17)15-10-4-2-3-5-11(10)16/h10-11,14,16H,2-9H2,1H3,(H,15,17). The molecular formula is C13H24N2O2. The molecule has 1 amide bonds. The molecule has 0 spiro atoms. The van der Waals surface area contributed by atoms with Gasteiger partial charge in [-0.15, -0.1) is 0 Å². The summed E-state index contributed by atoms with van der Waals surface area (Å²) >= 11 is 0. The molecule has 2 fully saturated rings. The Morgan fingerprint density at radius 3 is 2.59 bits per heavy atom. The number of rotatable bonds is 2. The van der Waals surface area contributed by atoms with Crippen molar-refractivity contribution in [3.63, 3.8) is 0 Å². The first-order valence-electron chi connectivity index (χ1n) is 6.82. The fourth-order valence-corrected chi connectivity index (χ4v) is 2.83. The third-order valence-corrected chi connectivity index (χ3v) is 4.30. The molecule has 3 N–H and O–H groups in total. The van der Waals surface area contributed by atoms with Crippen LogP contribution in [0.2, 0.25) is 0 Å². The molecule has 2 atom stereocenters.